The molecule has 134 valence electrons. The highest BCUT2D eigenvalue weighted by Crippen LogP contribution is 2.26. The lowest BCUT2D eigenvalue weighted by atomic mass is 10.0. The average molecular weight is 367 g/mol. The van der Waals surface area contributed by atoms with E-state index in [2.05, 4.69) is 39.5 Å². The minimum atomic E-state index is 0.427. The molecule has 0 amide bonds. The predicted octanol–water partition coefficient (Wildman–Crippen LogP) is 4.55. The predicted molar refractivity (Wildman–Crippen MR) is 110 cm³/mol. The zero-order valence-electron chi connectivity index (χ0n) is 14.7. The van der Waals surface area contributed by atoms with Crippen LogP contribution in [0.1, 0.15) is 18.4 Å². The highest BCUT2D eigenvalue weighted by atomic mass is 35.5. The number of likely N-dealkylation sites (tertiary alicyclic amines) is 1. The lowest BCUT2D eigenvalue weighted by molar-refractivity contribution is 0.209. The van der Waals surface area contributed by atoms with Gasteiger partial charge in [-0.3, -0.25) is 9.88 Å². The molecule has 1 unspecified atom stereocenters. The summed E-state index contributed by atoms with van der Waals surface area (Å²) in [6.07, 6.45) is 6.12. The molecule has 1 aliphatic rings. The van der Waals surface area contributed by atoms with Crippen LogP contribution >= 0.6 is 11.6 Å². The number of benzene rings is 2. The molecular weight excluding hydrogens is 344 g/mol. The molecule has 5 heteroatoms. The van der Waals surface area contributed by atoms with E-state index >= 15 is 0 Å². The molecule has 1 atom stereocenters. The zero-order chi connectivity index (χ0) is 17.9. The fourth-order valence-electron chi connectivity index (χ4n) is 3.74. The minimum absolute atomic E-state index is 0.427. The summed E-state index contributed by atoms with van der Waals surface area (Å²) in [5, 5.41) is 6.82. The lowest BCUT2D eigenvalue weighted by Crippen LogP contribution is -2.41. The summed E-state index contributed by atoms with van der Waals surface area (Å²) in [5.74, 6) is 0. The van der Waals surface area contributed by atoms with Crippen molar-refractivity contribution >= 4 is 33.7 Å². The van der Waals surface area contributed by atoms with Crippen LogP contribution in [0, 0.1) is 0 Å². The van der Waals surface area contributed by atoms with Crippen LogP contribution in [-0.4, -0.2) is 29.0 Å². The molecule has 2 aromatic carbocycles. The monoisotopic (exact) mass is 366 g/mol. The van der Waals surface area contributed by atoms with Crippen LogP contribution in [-0.2, 0) is 6.54 Å². The topological polar surface area (TPSA) is 54.2 Å². The SMILES string of the molecule is Nc1cc(Cl)ccc1CN1CCCC(Nc2cccc3cnccc23)C1. The maximum absolute atomic E-state index is 6.13. The maximum Gasteiger partial charge on any atom is 0.0426 e. The van der Waals surface area contributed by atoms with Crippen LogP contribution in [0.5, 0.6) is 0 Å². The van der Waals surface area contributed by atoms with Gasteiger partial charge in [0.05, 0.1) is 0 Å². The summed E-state index contributed by atoms with van der Waals surface area (Å²) in [6, 6.07) is 14.6. The van der Waals surface area contributed by atoms with E-state index in [0.29, 0.717) is 11.1 Å². The summed E-state index contributed by atoms with van der Waals surface area (Å²) >= 11 is 6.01. The molecule has 0 radical (unpaired) electrons. The van der Waals surface area contributed by atoms with Crippen LogP contribution in [0.2, 0.25) is 5.02 Å². The molecule has 0 bridgehead atoms. The van der Waals surface area contributed by atoms with Gasteiger partial charge < -0.3 is 11.1 Å². The number of nitrogens with two attached hydrogens (primary N) is 1. The quantitative estimate of drug-likeness (QED) is 0.665. The number of nitrogens with one attached hydrogen (secondary N) is 1. The third-order valence-electron chi connectivity index (χ3n) is 5.05. The first kappa shape index (κ1) is 17.1. The van der Waals surface area contributed by atoms with E-state index in [1.54, 1.807) is 0 Å². The van der Waals surface area contributed by atoms with Gasteiger partial charge in [0.1, 0.15) is 0 Å². The Labute approximate surface area is 159 Å². The number of hydrogen-bond acceptors (Lipinski definition) is 4. The number of nitrogens with zero attached hydrogens (tertiary/aromatic N) is 2. The molecule has 2 heterocycles. The number of piperidine rings is 1. The molecular formula is C21H23ClN4. The van der Waals surface area contributed by atoms with Crippen molar-refractivity contribution < 1.29 is 0 Å². The van der Waals surface area contributed by atoms with Gasteiger partial charge >= 0.3 is 0 Å². The largest absolute Gasteiger partial charge is 0.398 e. The second-order valence-electron chi connectivity index (χ2n) is 6.96. The number of rotatable bonds is 4. The van der Waals surface area contributed by atoms with Gasteiger partial charge in [0.2, 0.25) is 0 Å². The Morgan fingerprint density at radius 1 is 1.23 bits per heavy atom. The summed E-state index contributed by atoms with van der Waals surface area (Å²) in [6.45, 7) is 2.96. The number of nitrogen functional groups attached to an aromatic ring is 1. The van der Waals surface area contributed by atoms with Gasteiger partial charge in [-0.1, -0.05) is 29.8 Å². The molecule has 1 fully saturated rings. The van der Waals surface area contributed by atoms with Crippen molar-refractivity contribution in [3.05, 3.63) is 65.4 Å². The third-order valence-corrected chi connectivity index (χ3v) is 5.28. The van der Waals surface area contributed by atoms with Gasteiger partial charge in [0, 0.05) is 58.7 Å². The number of anilines is 2. The van der Waals surface area contributed by atoms with Crippen molar-refractivity contribution in [1.82, 2.24) is 9.88 Å². The van der Waals surface area contributed by atoms with E-state index < -0.39 is 0 Å². The van der Waals surface area contributed by atoms with Gasteiger partial charge in [0.25, 0.3) is 0 Å². The standard InChI is InChI=1S/C21H23ClN4/c22-17-7-6-16(20(23)11-17)13-26-10-2-4-18(14-26)25-21-5-1-3-15-12-24-9-8-19(15)21/h1,3,5-9,11-12,18,25H,2,4,10,13-14,23H2. The molecule has 26 heavy (non-hydrogen) atoms. The van der Waals surface area contributed by atoms with E-state index in [-0.39, 0.29) is 0 Å². The molecule has 3 N–H and O–H groups in total. The van der Waals surface area contributed by atoms with Crippen molar-refractivity contribution in [3.63, 3.8) is 0 Å². The van der Waals surface area contributed by atoms with Crippen LogP contribution in [0.3, 0.4) is 0 Å². The van der Waals surface area contributed by atoms with E-state index in [1.165, 1.54) is 29.3 Å². The second kappa shape index (κ2) is 7.52. The van der Waals surface area contributed by atoms with Gasteiger partial charge in [0.15, 0.2) is 0 Å². The van der Waals surface area contributed by atoms with Crippen LogP contribution in [0.15, 0.2) is 54.9 Å². The molecule has 0 saturated carbocycles. The van der Waals surface area contributed by atoms with E-state index in [1.807, 2.05) is 30.6 Å². The molecule has 1 saturated heterocycles. The third kappa shape index (κ3) is 3.76. The molecule has 3 aromatic rings. The molecule has 1 aromatic heterocycles. The summed E-state index contributed by atoms with van der Waals surface area (Å²) in [5.41, 5.74) is 9.23. The van der Waals surface area contributed by atoms with Gasteiger partial charge in [-0.05, 0) is 49.2 Å². The number of pyridine rings is 1. The van der Waals surface area contributed by atoms with Gasteiger partial charge in [-0.25, -0.2) is 0 Å². The van der Waals surface area contributed by atoms with E-state index in [0.717, 1.165) is 30.9 Å². The van der Waals surface area contributed by atoms with Crippen molar-refractivity contribution in [2.24, 2.45) is 0 Å². The Morgan fingerprint density at radius 2 is 2.15 bits per heavy atom. The molecule has 4 rings (SSSR count). The Hall–Kier alpha value is -2.30. The summed E-state index contributed by atoms with van der Waals surface area (Å²) in [7, 11) is 0. The molecule has 0 aliphatic carbocycles. The van der Waals surface area contributed by atoms with Crippen molar-refractivity contribution in [1.29, 1.82) is 0 Å². The first-order chi connectivity index (χ1) is 12.7. The van der Waals surface area contributed by atoms with Crippen LogP contribution in [0.25, 0.3) is 10.8 Å². The first-order valence-corrected chi connectivity index (χ1v) is 9.42. The summed E-state index contributed by atoms with van der Waals surface area (Å²) in [4.78, 5) is 6.68. The van der Waals surface area contributed by atoms with Crippen molar-refractivity contribution in [2.75, 3.05) is 24.1 Å². The molecule has 4 nitrogen and oxygen atoms in total. The smallest absolute Gasteiger partial charge is 0.0426 e. The maximum atomic E-state index is 6.13. The van der Waals surface area contributed by atoms with Gasteiger partial charge in [-0.2, -0.15) is 0 Å². The number of aromatic nitrogens is 1. The Morgan fingerprint density at radius 3 is 3.04 bits per heavy atom. The second-order valence-corrected chi connectivity index (χ2v) is 7.40. The summed E-state index contributed by atoms with van der Waals surface area (Å²) < 4.78 is 0. The Kier molecular flexibility index (Phi) is 4.96. The average Bonchev–Trinajstić information content (AvgIpc) is 2.65. The lowest BCUT2D eigenvalue weighted by Gasteiger charge is -2.34. The fraction of sp³-hybridized carbons (Fsp3) is 0.286. The van der Waals surface area contributed by atoms with Crippen LogP contribution in [0.4, 0.5) is 11.4 Å². The van der Waals surface area contributed by atoms with Crippen LogP contribution < -0.4 is 11.1 Å². The first-order valence-electron chi connectivity index (χ1n) is 9.04. The number of fused-ring (bicyclic) bond motifs is 1. The highest BCUT2D eigenvalue weighted by molar-refractivity contribution is 6.30. The zero-order valence-corrected chi connectivity index (χ0v) is 15.4. The Balaban J connectivity index is 1.46. The molecule has 0 spiro atoms. The normalized spacial score (nSPS) is 18.1. The molecule has 1 aliphatic heterocycles. The van der Waals surface area contributed by atoms with E-state index in [9.17, 15) is 0 Å². The minimum Gasteiger partial charge on any atom is -0.398 e. The number of hydrogen-bond donors (Lipinski definition) is 2. The Bertz CT molecular complexity index is 906. The van der Waals surface area contributed by atoms with Crippen molar-refractivity contribution in [2.45, 2.75) is 25.4 Å². The fourth-order valence-corrected chi connectivity index (χ4v) is 3.92. The van der Waals surface area contributed by atoms with E-state index in [4.69, 9.17) is 17.3 Å². The van der Waals surface area contributed by atoms with Crippen molar-refractivity contribution in [3.8, 4) is 0 Å². The highest BCUT2D eigenvalue weighted by Gasteiger charge is 2.21. The number of halogens is 1. The van der Waals surface area contributed by atoms with Gasteiger partial charge in [-0.15, -0.1) is 0 Å².